The first-order valence-electron chi connectivity index (χ1n) is 6.68. The quantitative estimate of drug-likeness (QED) is 0.853. The number of hydrogen-bond acceptors (Lipinski definition) is 3. The number of nitrogens with one attached hydrogen (secondary N) is 1. The van der Waals surface area contributed by atoms with Gasteiger partial charge >= 0.3 is 0 Å². The number of hydrogen-bond donors (Lipinski definition) is 1. The third-order valence-electron chi connectivity index (χ3n) is 3.86. The number of nitriles is 1. The number of ether oxygens (including phenoxy) is 1. The van der Waals surface area contributed by atoms with E-state index in [9.17, 15) is 0 Å². The highest BCUT2D eigenvalue weighted by Crippen LogP contribution is 2.25. The molecular weight excluding hydrogens is 236 g/mol. The van der Waals surface area contributed by atoms with Crippen LogP contribution >= 0.6 is 0 Å². The molecule has 3 nitrogen and oxygen atoms in total. The topological polar surface area (TPSA) is 45.0 Å². The zero-order valence-electron chi connectivity index (χ0n) is 12.6. The minimum atomic E-state index is 0.268. The Morgan fingerprint density at radius 3 is 2.58 bits per heavy atom. The maximum atomic E-state index is 9.05. The third-order valence-corrected chi connectivity index (χ3v) is 3.86. The summed E-state index contributed by atoms with van der Waals surface area (Å²) in [7, 11) is 1.58. The second kappa shape index (κ2) is 6.58. The Morgan fingerprint density at radius 1 is 1.37 bits per heavy atom. The molecule has 0 saturated heterocycles. The van der Waals surface area contributed by atoms with Gasteiger partial charge in [0.25, 0.3) is 0 Å². The molecule has 0 aromatic heterocycles. The zero-order chi connectivity index (χ0) is 14.5. The fraction of sp³-hybridized carbons (Fsp3) is 0.562. The van der Waals surface area contributed by atoms with Crippen molar-refractivity contribution >= 4 is 0 Å². The number of nitrogens with zero attached hydrogens (tertiary/aromatic N) is 1. The Morgan fingerprint density at radius 2 is 2.05 bits per heavy atom. The summed E-state index contributed by atoms with van der Waals surface area (Å²) in [5.41, 5.74) is 1.96. The zero-order valence-corrected chi connectivity index (χ0v) is 12.6. The van der Waals surface area contributed by atoms with Crippen LogP contribution in [0.5, 0.6) is 5.75 Å². The van der Waals surface area contributed by atoms with Gasteiger partial charge in [-0.2, -0.15) is 5.26 Å². The van der Waals surface area contributed by atoms with Crippen LogP contribution in [-0.4, -0.2) is 13.7 Å². The molecule has 0 amide bonds. The van der Waals surface area contributed by atoms with Crippen LogP contribution in [0.2, 0.25) is 0 Å². The molecule has 0 radical (unpaired) electrons. The molecule has 1 aromatic carbocycles. The first kappa shape index (κ1) is 15.5. The summed E-state index contributed by atoms with van der Waals surface area (Å²) in [5.74, 6) is 1.26. The summed E-state index contributed by atoms with van der Waals surface area (Å²) < 4.78 is 5.14. The van der Waals surface area contributed by atoms with Crippen LogP contribution in [0, 0.1) is 22.7 Å². The van der Waals surface area contributed by atoms with Gasteiger partial charge in [-0.1, -0.05) is 33.8 Å². The van der Waals surface area contributed by atoms with Crippen molar-refractivity contribution in [2.45, 2.75) is 34.2 Å². The van der Waals surface area contributed by atoms with Gasteiger partial charge in [-0.15, -0.1) is 0 Å². The average Bonchev–Trinajstić information content (AvgIpc) is 2.38. The molecule has 19 heavy (non-hydrogen) atoms. The number of methoxy groups -OCH3 is 1. The number of rotatable bonds is 6. The van der Waals surface area contributed by atoms with Crippen molar-refractivity contribution in [2.24, 2.45) is 11.3 Å². The van der Waals surface area contributed by atoms with E-state index in [1.807, 2.05) is 18.2 Å². The first-order valence-corrected chi connectivity index (χ1v) is 6.68. The highest BCUT2D eigenvalue weighted by atomic mass is 16.5. The Hall–Kier alpha value is -1.53. The summed E-state index contributed by atoms with van der Waals surface area (Å²) in [6.07, 6.45) is 0. The van der Waals surface area contributed by atoms with Crippen LogP contribution in [-0.2, 0) is 6.54 Å². The molecule has 0 atom stereocenters. The molecule has 104 valence electrons. The second-order valence-electron chi connectivity index (χ2n) is 5.89. The van der Waals surface area contributed by atoms with Crippen molar-refractivity contribution in [1.82, 2.24) is 5.32 Å². The smallest absolute Gasteiger partial charge is 0.136 e. The highest BCUT2D eigenvalue weighted by molar-refractivity contribution is 5.45. The van der Waals surface area contributed by atoms with Crippen LogP contribution in [0.3, 0.4) is 0 Å². The predicted octanol–water partition coefficient (Wildman–Crippen LogP) is 3.34. The van der Waals surface area contributed by atoms with E-state index in [4.69, 9.17) is 10.00 Å². The third kappa shape index (κ3) is 4.25. The van der Waals surface area contributed by atoms with Gasteiger partial charge < -0.3 is 10.1 Å². The van der Waals surface area contributed by atoms with Gasteiger partial charge in [0.1, 0.15) is 11.8 Å². The molecule has 3 heteroatoms. The van der Waals surface area contributed by atoms with Crippen molar-refractivity contribution < 1.29 is 4.74 Å². The molecule has 1 N–H and O–H groups in total. The summed E-state index contributed by atoms with van der Waals surface area (Å²) in [5, 5.41) is 12.5. The van der Waals surface area contributed by atoms with E-state index in [0.717, 1.165) is 18.7 Å². The Kier molecular flexibility index (Phi) is 5.38. The Bertz CT molecular complexity index is 458. The molecular formula is C16H24N2O. The first-order chi connectivity index (χ1) is 8.90. The molecule has 0 bridgehead atoms. The lowest BCUT2D eigenvalue weighted by molar-refractivity contribution is 0.238. The van der Waals surface area contributed by atoms with Crippen LogP contribution in [0.4, 0.5) is 0 Å². The molecule has 0 spiro atoms. The van der Waals surface area contributed by atoms with E-state index in [0.29, 0.717) is 17.2 Å². The fourth-order valence-corrected chi connectivity index (χ4v) is 1.69. The largest absolute Gasteiger partial charge is 0.495 e. The van der Waals surface area contributed by atoms with Gasteiger partial charge in [0.05, 0.1) is 12.7 Å². The maximum absolute atomic E-state index is 9.05. The van der Waals surface area contributed by atoms with Crippen molar-refractivity contribution in [3.63, 3.8) is 0 Å². The average molecular weight is 260 g/mol. The summed E-state index contributed by atoms with van der Waals surface area (Å²) in [4.78, 5) is 0. The summed E-state index contributed by atoms with van der Waals surface area (Å²) in [6, 6.07) is 7.89. The van der Waals surface area contributed by atoms with Gasteiger partial charge in [0.2, 0.25) is 0 Å². The lowest BCUT2D eigenvalue weighted by Crippen LogP contribution is -2.33. The second-order valence-corrected chi connectivity index (χ2v) is 5.89. The van der Waals surface area contributed by atoms with E-state index in [1.54, 1.807) is 7.11 Å². The number of benzene rings is 1. The van der Waals surface area contributed by atoms with E-state index in [1.165, 1.54) is 0 Å². The lowest BCUT2D eigenvalue weighted by Gasteiger charge is -2.29. The van der Waals surface area contributed by atoms with Crippen LogP contribution in [0.25, 0.3) is 0 Å². The maximum Gasteiger partial charge on any atom is 0.136 e. The molecule has 1 aromatic rings. The molecule has 0 unspecified atom stereocenters. The van der Waals surface area contributed by atoms with Gasteiger partial charge in [-0.3, -0.25) is 0 Å². The highest BCUT2D eigenvalue weighted by Gasteiger charge is 2.21. The molecule has 0 saturated carbocycles. The van der Waals surface area contributed by atoms with E-state index in [2.05, 4.69) is 39.1 Å². The van der Waals surface area contributed by atoms with Gasteiger partial charge in [0, 0.05) is 13.1 Å². The van der Waals surface area contributed by atoms with Gasteiger partial charge in [-0.25, -0.2) is 0 Å². The van der Waals surface area contributed by atoms with Gasteiger partial charge in [-0.05, 0) is 29.0 Å². The van der Waals surface area contributed by atoms with E-state index >= 15 is 0 Å². The van der Waals surface area contributed by atoms with E-state index in [-0.39, 0.29) is 5.41 Å². The van der Waals surface area contributed by atoms with Crippen LogP contribution in [0.15, 0.2) is 18.2 Å². The standard InChI is InChI=1S/C16H24N2O/c1-12(2)16(3,4)11-18-10-13-6-7-15(19-5)14(8-13)9-17/h6-8,12,18H,10-11H2,1-5H3. The molecule has 0 aliphatic heterocycles. The van der Waals surface area contributed by atoms with Crippen LogP contribution in [0.1, 0.15) is 38.8 Å². The van der Waals surface area contributed by atoms with Crippen molar-refractivity contribution in [1.29, 1.82) is 5.26 Å². The van der Waals surface area contributed by atoms with Crippen molar-refractivity contribution in [3.05, 3.63) is 29.3 Å². The SMILES string of the molecule is COc1ccc(CNCC(C)(C)C(C)C)cc1C#N. The minimum absolute atomic E-state index is 0.268. The Balaban J connectivity index is 2.62. The minimum Gasteiger partial charge on any atom is -0.495 e. The molecule has 1 rings (SSSR count). The summed E-state index contributed by atoms with van der Waals surface area (Å²) >= 11 is 0. The lowest BCUT2D eigenvalue weighted by atomic mass is 9.81. The van der Waals surface area contributed by atoms with Crippen molar-refractivity contribution in [3.8, 4) is 11.8 Å². The normalized spacial score (nSPS) is 11.4. The molecule has 0 aliphatic carbocycles. The van der Waals surface area contributed by atoms with Crippen LogP contribution < -0.4 is 10.1 Å². The fourth-order valence-electron chi connectivity index (χ4n) is 1.69. The van der Waals surface area contributed by atoms with Gasteiger partial charge in [0.15, 0.2) is 0 Å². The summed E-state index contributed by atoms with van der Waals surface area (Å²) in [6.45, 7) is 10.7. The molecule has 0 aliphatic rings. The monoisotopic (exact) mass is 260 g/mol. The van der Waals surface area contributed by atoms with Crippen molar-refractivity contribution in [2.75, 3.05) is 13.7 Å². The molecule has 0 fully saturated rings. The predicted molar refractivity (Wildman–Crippen MR) is 78.0 cm³/mol. The van der Waals surface area contributed by atoms with E-state index < -0.39 is 0 Å². The molecule has 0 heterocycles. The Labute approximate surface area is 116 Å².